The van der Waals surface area contributed by atoms with Crippen LogP contribution >= 0.6 is 0 Å². The SMILES string of the molecule is CO[C@@]1(C(F)(F)F)O[C@@H]2O[C@]3(C)CC[C@H]4[C@H](C)CCC([C@H]1C)C24OO3. The van der Waals surface area contributed by atoms with Gasteiger partial charge in [0.25, 0.3) is 5.79 Å². The van der Waals surface area contributed by atoms with E-state index in [0.717, 1.165) is 20.0 Å². The van der Waals surface area contributed by atoms with Gasteiger partial charge in [-0.15, -0.1) is 0 Å². The first-order valence-electron chi connectivity index (χ1n) is 8.94. The Kier molecular flexibility index (Phi) is 3.82. The zero-order valence-corrected chi connectivity index (χ0v) is 14.9. The van der Waals surface area contributed by atoms with E-state index in [1.807, 2.05) is 0 Å². The lowest BCUT2D eigenvalue weighted by molar-refractivity contribution is -0.597. The first-order chi connectivity index (χ1) is 11.6. The van der Waals surface area contributed by atoms with Gasteiger partial charge < -0.3 is 14.2 Å². The molecule has 5 fully saturated rings. The highest BCUT2D eigenvalue weighted by Crippen LogP contribution is 2.64. The minimum Gasteiger partial charge on any atom is -0.346 e. The Morgan fingerprint density at radius 2 is 1.72 bits per heavy atom. The van der Waals surface area contributed by atoms with Crippen LogP contribution in [0, 0.1) is 23.7 Å². The summed E-state index contributed by atoms with van der Waals surface area (Å²) < 4.78 is 58.4. The van der Waals surface area contributed by atoms with Gasteiger partial charge in [0.1, 0.15) is 0 Å². The van der Waals surface area contributed by atoms with Crippen molar-refractivity contribution >= 4 is 0 Å². The number of fused-ring (bicyclic) bond motifs is 2. The smallest absolute Gasteiger partial charge is 0.346 e. The third kappa shape index (κ3) is 2.15. The third-order valence-electron chi connectivity index (χ3n) is 6.96. The van der Waals surface area contributed by atoms with E-state index < -0.39 is 41.5 Å². The molecular weight excluding hydrogens is 341 g/mol. The fraction of sp³-hybridized carbons (Fsp3) is 1.00. The zero-order valence-electron chi connectivity index (χ0n) is 14.9. The molecule has 0 aromatic carbocycles. The predicted octanol–water partition coefficient (Wildman–Crippen LogP) is 3.77. The van der Waals surface area contributed by atoms with Crippen LogP contribution in [-0.4, -0.2) is 36.8 Å². The summed E-state index contributed by atoms with van der Waals surface area (Å²) in [6.45, 7) is 5.33. The Morgan fingerprint density at radius 1 is 1.00 bits per heavy atom. The van der Waals surface area contributed by atoms with Crippen LogP contribution in [0.1, 0.15) is 46.5 Å². The highest BCUT2D eigenvalue weighted by molar-refractivity contribution is 5.12. The van der Waals surface area contributed by atoms with Crippen LogP contribution in [0.2, 0.25) is 0 Å². The molecule has 5 aliphatic rings. The normalized spacial score (nSPS) is 55.6. The molecule has 8 heteroatoms. The van der Waals surface area contributed by atoms with Crippen molar-refractivity contribution in [2.75, 3.05) is 7.11 Å². The summed E-state index contributed by atoms with van der Waals surface area (Å²) >= 11 is 0. The van der Waals surface area contributed by atoms with Crippen molar-refractivity contribution in [3.8, 4) is 0 Å². The van der Waals surface area contributed by atoms with E-state index in [2.05, 4.69) is 6.92 Å². The summed E-state index contributed by atoms with van der Waals surface area (Å²) in [4.78, 5) is 11.4. The monoisotopic (exact) mass is 366 g/mol. The zero-order chi connectivity index (χ0) is 18.3. The van der Waals surface area contributed by atoms with Gasteiger partial charge in [0.2, 0.25) is 5.79 Å². The average molecular weight is 366 g/mol. The van der Waals surface area contributed by atoms with Crippen molar-refractivity contribution < 1.29 is 37.2 Å². The van der Waals surface area contributed by atoms with E-state index in [4.69, 9.17) is 24.0 Å². The molecule has 4 aliphatic heterocycles. The first kappa shape index (κ1) is 18.0. The molecule has 0 amide bonds. The van der Waals surface area contributed by atoms with Crippen LogP contribution in [0.25, 0.3) is 0 Å². The second-order valence-electron chi connectivity index (χ2n) is 8.19. The largest absolute Gasteiger partial charge is 0.443 e. The van der Waals surface area contributed by atoms with Gasteiger partial charge in [0, 0.05) is 25.4 Å². The molecule has 1 aliphatic carbocycles. The van der Waals surface area contributed by atoms with E-state index in [9.17, 15) is 13.2 Å². The van der Waals surface area contributed by atoms with Crippen LogP contribution in [0.15, 0.2) is 0 Å². The molecule has 1 spiro atoms. The van der Waals surface area contributed by atoms with Gasteiger partial charge >= 0.3 is 6.18 Å². The number of alkyl halides is 3. The fourth-order valence-corrected chi connectivity index (χ4v) is 5.59. The molecule has 0 radical (unpaired) electrons. The topological polar surface area (TPSA) is 46.2 Å². The van der Waals surface area contributed by atoms with E-state index in [0.29, 0.717) is 18.8 Å². The van der Waals surface area contributed by atoms with Crippen molar-refractivity contribution in [2.45, 2.75) is 76.1 Å². The molecule has 1 saturated carbocycles. The minimum absolute atomic E-state index is 0.0196. The maximum Gasteiger partial charge on any atom is 0.443 e. The molecule has 0 N–H and O–H groups in total. The van der Waals surface area contributed by atoms with Gasteiger partial charge in [-0.05, 0) is 38.0 Å². The fourth-order valence-electron chi connectivity index (χ4n) is 5.59. The Morgan fingerprint density at radius 3 is 2.36 bits per heavy atom. The summed E-state index contributed by atoms with van der Waals surface area (Å²) in [5.74, 6) is -4.88. The summed E-state index contributed by atoms with van der Waals surface area (Å²) in [5, 5.41) is 0. The van der Waals surface area contributed by atoms with Crippen molar-refractivity contribution in [1.29, 1.82) is 0 Å². The number of hydrogen-bond acceptors (Lipinski definition) is 5. The molecule has 0 aromatic heterocycles. The molecule has 2 bridgehead atoms. The van der Waals surface area contributed by atoms with Crippen molar-refractivity contribution in [3.05, 3.63) is 0 Å². The van der Waals surface area contributed by atoms with Gasteiger partial charge in [0.15, 0.2) is 11.9 Å². The van der Waals surface area contributed by atoms with Crippen LogP contribution in [0.5, 0.6) is 0 Å². The summed E-state index contributed by atoms with van der Waals surface area (Å²) in [7, 11) is 1.04. The standard InChI is InChI=1S/C17H25F3O5/c1-9-5-6-12-10(2)16(21-4,17(18,19)20)23-13-15(12)11(9)7-8-14(3,22-13)24-25-15/h9-13H,5-8H2,1-4H3/t9-,10-,11+,12?,13+,14+,15?,16-/m1/s1. The van der Waals surface area contributed by atoms with Crippen LogP contribution in [0.4, 0.5) is 13.2 Å². The molecule has 2 unspecified atom stereocenters. The Labute approximate surface area is 145 Å². The van der Waals surface area contributed by atoms with Gasteiger partial charge in [-0.2, -0.15) is 13.2 Å². The maximum absolute atomic E-state index is 14.0. The summed E-state index contributed by atoms with van der Waals surface area (Å²) in [6, 6.07) is 0. The minimum atomic E-state index is -4.68. The maximum atomic E-state index is 14.0. The summed E-state index contributed by atoms with van der Waals surface area (Å²) in [5.41, 5.74) is -1.03. The molecule has 0 aromatic rings. The van der Waals surface area contributed by atoms with Crippen LogP contribution in [0.3, 0.4) is 0 Å². The van der Waals surface area contributed by atoms with Crippen molar-refractivity contribution in [3.63, 3.8) is 0 Å². The lowest BCUT2D eigenvalue weighted by atomic mass is 9.57. The predicted molar refractivity (Wildman–Crippen MR) is 78.8 cm³/mol. The van der Waals surface area contributed by atoms with E-state index in [-0.39, 0.29) is 5.92 Å². The molecule has 4 heterocycles. The number of hydrogen-bond donors (Lipinski definition) is 0. The number of halogens is 3. The number of rotatable bonds is 1. The van der Waals surface area contributed by atoms with E-state index in [1.54, 1.807) is 6.92 Å². The molecule has 144 valence electrons. The van der Waals surface area contributed by atoms with Gasteiger partial charge in [0.05, 0.1) is 0 Å². The highest BCUT2D eigenvalue weighted by Gasteiger charge is 2.77. The molecular formula is C17H25F3O5. The quantitative estimate of drug-likeness (QED) is 0.661. The second kappa shape index (κ2) is 5.32. The Balaban J connectivity index is 1.85. The third-order valence-corrected chi connectivity index (χ3v) is 6.96. The summed E-state index contributed by atoms with van der Waals surface area (Å²) in [6.07, 6.45) is -3.11. The molecule has 8 atom stereocenters. The lowest BCUT2D eigenvalue weighted by Gasteiger charge is -2.62. The van der Waals surface area contributed by atoms with Gasteiger partial charge in [-0.1, -0.05) is 13.8 Å². The van der Waals surface area contributed by atoms with E-state index >= 15 is 0 Å². The molecule has 4 saturated heterocycles. The van der Waals surface area contributed by atoms with E-state index in [1.165, 1.54) is 6.92 Å². The number of methoxy groups -OCH3 is 1. The second-order valence-corrected chi connectivity index (χ2v) is 8.19. The highest BCUT2D eigenvalue weighted by atomic mass is 19.4. The van der Waals surface area contributed by atoms with Crippen LogP contribution in [-0.2, 0) is 24.0 Å². The molecule has 5 rings (SSSR count). The van der Waals surface area contributed by atoms with Gasteiger partial charge in [-0.25, -0.2) is 9.78 Å². The lowest BCUT2D eigenvalue weighted by Crippen LogP contribution is -2.75. The van der Waals surface area contributed by atoms with Crippen molar-refractivity contribution in [2.24, 2.45) is 23.7 Å². The average Bonchev–Trinajstić information content (AvgIpc) is 2.76. The molecule has 5 nitrogen and oxygen atoms in total. The number of ether oxygens (including phenoxy) is 3. The van der Waals surface area contributed by atoms with Crippen molar-refractivity contribution in [1.82, 2.24) is 0 Å². The Bertz CT molecular complexity index is 557. The Hall–Kier alpha value is -0.410. The van der Waals surface area contributed by atoms with Crippen LogP contribution < -0.4 is 0 Å². The molecule has 25 heavy (non-hydrogen) atoms. The van der Waals surface area contributed by atoms with Gasteiger partial charge in [-0.3, -0.25) is 0 Å². The first-order valence-corrected chi connectivity index (χ1v) is 8.94.